The van der Waals surface area contributed by atoms with E-state index in [1.54, 1.807) is 9.80 Å². The topological polar surface area (TPSA) is 243 Å². The summed E-state index contributed by atoms with van der Waals surface area (Å²) in [6.07, 6.45) is 6.08. The van der Waals surface area contributed by atoms with Gasteiger partial charge in [-0.1, -0.05) is 54.6 Å². The van der Waals surface area contributed by atoms with Gasteiger partial charge in [-0.15, -0.1) is 0 Å². The minimum Gasteiger partial charge on any atom is -0.480 e. The molecule has 6 amide bonds. The number of hydrogen-bond donors (Lipinski definition) is 3. The van der Waals surface area contributed by atoms with Gasteiger partial charge in [0.05, 0.1) is 0 Å². The molecule has 9 rings (SSSR count). The normalized spacial score (nSPS) is 22.6. The molecule has 6 fully saturated rings. The highest BCUT2D eigenvalue weighted by atomic mass is 16.6. The van der Waals surface area contributed by atoms with Gasteiger partial charge in [0.15, 0.2) is 0 Å². The van der Waals surface area contributed by atoms with Crippen LogP contribution in [0.1, 0.15) is 94.1 Å². The van der Waals surface area contributed by atoms with Gasteiger partial charge < -0.3 is 49.5 Å². The Morgan fingerprint density at radius 1 is 0.459 bits per heavy atom. The number of piperidine rings is 6. The Bertz CT molecular complexity index is 2470. The molecular formula is C55H68N6O13. The highest BCUT2D eigenvalue weighted by molar-refractivity contribution is 6.12. The fourth-order valence-electron chi connectivity index (χ4n) is 12.8. The van der Waals surface area contributed by atoms with E-state index in [2.05, 4.69) is 24.3 Å². The summed E-state index contributed by atoms with van der Waals surface area (Å²) in [4.78, 5) is 127. The number of carboxylic acids is 3. The maximum absolute atomic E-state index is 13.7. The molecule has 2 aromatic carbocycles. The summed E-state index contributed by atoms with van der Waals surface area (Å²) in [5.74, 6) is -6.54. The molecule has 0 spiro atoms. The van der Waals surface area contributed by atoms with Gasteiger partial charge in [0.2, 0.25) is 29.5 Å². The third kappa shape index (κ3) is 11.2. The molecule has 6 aliphatic heterocycles. The number of allylic oxidation sites excluding steroid dienone is 1. The minimum absolute atomic E-state index is 0.0117. The number of carboxylic acid groups (broad SMARTS) is 3. The van der Waals surface area contributed by atoms with Crippen LogP contribution in [0, 0.1) is 35.5 Å². The molecule has 19 nitrogen and oxygen atoms in total. The van der Waals surface area contributed by atoms with Crippen molar-refractivity contribution in [2.75, 3.05) is 78.6 Å². The van der Waals surface area contributed by atoms with E-state index < -0.39 is 41.4 Å². The SMILES string of the molecule is O=C(O)C(=CC1CCN(C(=O)C2CCN(C(=O)C3CCN(C(=O)C4CCN(C(=O)C5CCN(C(=O)C6CCN(C(=O)OCC7c8ccccc8-c8ccccc87)CC6)CC5)CC4)CC3)CC2)C(C(=O)O)C1)C(=O)O. The zero-order valence-electron chi connectivity index (χ0n) is 41.9. The van der Waals surface area contributed by atoms with E-state index in [1.807, 2.05) is 39.0 Å². The molecule has 7 aliphatic rings. The summed E-state index contributed by atoms with van der Waals surface area (Å²) in [6.45, 7) is 4.83. The molecule has 0 aromatic heterocycles. The van der Waals surface area contributed by atoms with Crippen molar-refractivity contribution >= 4 is 53.5 Å². The number of fused-ring (bicyclic) bond motifs is 3. The summed E-state index contributed by atoms with van der Waals surface area (Å²) in [5, 5.41) is 28.4. The van der Waals surface area contributed by atoms with Gasteiger partial charge in [-0.25, -0.2) is 19.2 Å². The first kappa shape index (κ1) is 52.1. The van der Waals surface area contributed by atoms with Gasteiger partial charge in [0.25, 0.3) is 0 Å². The lowest BCUT2D eigenvalue weighted by molar-refractivity contribution is -0.156. The number of nitrogens with zero attached hydrogens (tertiary/aromatic N) is 6. The molecule has 74 heavy (non-hydrogen) atoms. The molecule has 2 atom stereocenters. The second-order valence-electron chi connectivity index (χ2n) is 21.3. The lowest BCUT2D eigenvalue weighted by atomic mass is 9.86. The predicted molar refractivity (Wildman–Crippen MR) is 266 cm³/mol. The number of hydrogen-bond acceptors (Lipinski definition) is 10. The molecule has 3 N–H and O–H groups in total. The first-order chi connectivity index (χ1) is 35.7. The average molecular weight is 1020 g/mol. The van der Waals surface area contributed by atoms with Crippen molar-refractivity contribution in [1.82, 2.24) is 29.4 Å². The summed E-state index contributed by atoms with van der Waals surface area (Å²) in [6, 6.07) is 15.2. The molecule has 2 unspecified atom stereocenters. The maximum atomic E-state index is 13.7. The van der Waals surface area contributed by atoms with Crippen molar-refractivity contribution in [1.29, 1.82) is 0 Å². The number of rotatable bonds is 11. The van der Waals surface area contributed by atoms with Crippen LogP contribution >= 0.6 is 0 Å². The van der Waals surface area contributed by atoms with Gasteiger partial charge in [-0.3, -0.25) is 24.0 Å². The number of aliphatic carboxylic acids is 3. The Morgan fingerprint density at radius 2 is 0.811 bits per heavy atom. The molecule has 6 saturated heterocycles. The number of ether oxygens (including phenoxy) is 1. The smallest absolute Gasteiger partial charge is 0.409 e. The van der Waals surface area contributed by atoms with Crippen molar-refractivity contribution < 1.29 is 63.2 Å². The monoisotopic (exact) mass is 1020 g/mol. The second-order valence-corrected chi connectivity index (χ2v) is 21.3. The summed E-state index contributed by atoms with van der Waals surface area (Å²) in [5.41, 5.74) is 3.84. The van der Waals surface area contributed by atoms with E-state index in [0.717, 1.165) is 17.2 Å². The van der Waals surface area contributed by atoms with Gasteiger partial charge in [-0.2, -0.15) is 0 Å². The highest BCUT2D eigenvalue weighted by Gasteiger charge is 2.42. The van der Waals surface area contributed by atoms with Crippen molar-refractivity contribution in [3.8, 4) is 11.1 Å². The van der Waals surface area contributed by atoms with Crippen molar-refractivity contribution in [3.63, 3.8) is 0 Å². The van der Waals surface area contributed by atoms with E-state index in [4.69, 9.17) is 4.74 Å². The quantitative estimate of drug-likeness (QED) is 0.161. The molecule has 19 heteroatoms. The molecule has 2 aromatic rings. The minimum atomic E-state index is -1.62. The molecule has 1 aliphatic carbocycles. The van der Waals surface area contributed by atoms with Crippen molar-refractivity contribution in [2.24, 2.45) is 35.5 Å². The molecular weight excluding hydrogens is 953 g/mol. The van der Waals surface area contributed by atoms with E-state index in [1.165, 1.54) is 16.0 Å². The molecule has 0 radical (unpaired) electrons. The summed E-state index contributed by atoms with van der Waals surface area (Å²) < 4.78 is 5.88. The van der Waals surface area contributed by atoms with Crippen LogP contribution in [-0.2, 0) is 43.1 Å². The lowest BCUT2D eigenvalue weighted by Gasteiger charge is -2.41. The standard InChI is InChI=1S/C55H68N6O13/c62-47(57-22-12-37(13-23-57)49(64)59-26-16-39(17-27-59)51(66)61-30-9-34(32-46(61)54(71)72)31-44(52(67)68)53(69)70)35-10-20-56(21-11-35)48(63)36-14-24-58(25-15-36)50(65)38-18-28-60(29-19-38)55(73)74-33-45-42-7-3-1-5-40(42)41-6-2-4-8-43(41)45/h1-8,31,34-39,45-46H,9-30,32-33H2,(H,67,68)(H,69,70)(H,71,72). The van der Waals surface area contributed by atoms with Gasteiger partial charge >= 0.3 is 24.0 Å². The van der Waals surface area contributed by atoms with Crippen LogP contribution in [0.25, 0.3) is 11.1 Å². The zero-order chi connectivity index (χ0) is 52.2. The van der Waals surface area contributed by atoms with Crippen LogP contribution in [0.2, 0.25) is 0 Å². The number of carbonyl (C=O) groups excluding carboxylic acids is 6. The van der Waals surface area contributed by atoms with Gasteiger partial charge in [0.1, 0.15) is 18.2 Å². The number of carbonyl (C=O) groups is 9. The first-order valence-electron chi connectivity index (χ1n) is 26.6. The third-order valence-electron chi connectivity index (χ3n) is 17.1. The number of amides is 6. The van der Waals surface area contributed by atoms with Crippen LogP contribution in [0.15, 0.2) is 60.2 Å². The fraction of sp³-hybridized carbons (Fsp3) is 0.582. The van der Waals surface area contributed by atoms with Crippen LogP contribution in [-0.4, -0.2) is 183 Å². The second kappa shape index (κ2) is 22.8. The first-order valence-corrected chi connectivity index (χ1v) is 26.6. The summed E-state index contributed by atoms with van der Waals surface area (Å²) in [7, 11) is 0. The Balaban J connectivity index is 0.647. The highest BCUT2D eigenvalue weighted by Crippen LogP contribution is 2.45. The van der Waals surface area contributed by atoms with Crippen LogP contribution in [0.5, 0.6) is 0 Å². The Kier molecular flexibility index (Phi) is 16.0. The Labute approximate surface area is 430 Å². The number of likely N-dealkylation sites (tertiary alicyclic amines) is 6. The molecule has 0 saturated carbocycles. The molecule has 396 valence electrons. The van der Waals surface area contributed by atoms with E-state index >= 15 is 0 Å². The van der Waals surface area contributed by atoms with Gasteiger partial charge in [-0.05, 0) is 105 Å². The molecule has 0 bridgehead atoms. The van der Waals surface area contributed by atoms with E-state index in [-0.39, 0.29) is 91.2 Å². The zero-order valence-corrected chi connectivity index (χ0v) is 41.9. The van der Waals surface area contributed by atoms with E-state index in [0.29, 0.717) is 130 Å². The molecule has 6 heterocycles. The summed E-state index contributed by atoms with van der Waals surface area (Å²) >= 11 is 0. The van der Waals surface area contributed by atoms with Crippen LogP contribution in [0.4, 0.5) is 4.79 Å². The average Bonchev–Trinajstić information content (AvgIpc) is 3.76. The Hall–Kier alpha value is -6.79. The Morgan fingerprint density at radius 3 is 1.18 bits per heavy atom. The maximum Gasteiger partial charge on any atom is 0.409 e. The van der Waals surface area contributed by atoms with Crippen LogP contribution < -0.4 is 0 Å². The lowest BCUT2D eigenvalue weighted by Crippen LogP contribution is -2.54. The van der Waals surface area contributed by atoms with E-state index in [9.17, 15) is 58.5 Å². The largest absolute Gasteiger partial charge is 0.480 e. The third-order valence-corrected chi connectivity index (χ3v) is 17.1. The van der Waals surface area contributed by atoms with Crippen LogP contribution in [0.3, 0.4) is 0 Å². The predicted octanol–water partition coefficient (Wildman–Crippen LogP) is 4.39. The number of benzene rings is 2. The van der Waals surface area contributed by atoms with Crippen molar-refractivity contribution in [3.05, 3.63) is 71.3 Å². The van der Waals surface area contributed by atoms with Crippen molar-refractivity contribution in [2.45, 2.75) is 89.0 Å². The fourth-order valence-corrected chi connectivity index (χ4v) is 12.8. The van der Waals surface area contributed by atoms with Gasteiger partial charge in [0, 0.05) is 107 Å².